The van der Waals surface area contributed by atoms with Crippen LogP contribution in [0.2, 0.25) is 0 Å². The van der Waals surface area contributed by atoms with Gasteiger partial charge in [0.25, 0.3) is 0 Å². The second-order valence-corrected chi connectivity index (χ2v) is 5.30. The smallest absolute Gasteiger partial charge is 0.242 e. The summed E-state index contributed by atoms with van der Waals surface area (Å²) in [6.45, 7) is 0.380. The van der Waals surface area contributed by atoms with E-state index < -0.39 is 0 Å². The van der Waals surface area contributed by atoms with Crippen LogP contribution in [0.25, 0.3) is 5.65 Å². The van der Waals surface area contributed by atoms with E-state index in [0.29, 0.717) is 12.4 Å². The largest absolute Gasteiger partial charge is 0.437 e. The summed E-state index contributed by atoms with van der Waals surface area (Å²) in [5.41, 5.74) is 7.50. The molecule has 4 nitrogen and oxygen atoms in total. The van der Waals surface area contributed by atoms with Crippen molar-refractivity contribution in [1.82, 2.24) is 9.38 Å². The van der Waals surface area contributed by atoms with Gasteiger partial charge in [0, 0.05) is 16.3 Å². The molecule has 0 aliphatic rings. The second-order valence-electron chi connectivity index (χ2n) is 4.05. The molecule has 0 atom stereocenters. The Morgan fingerprint density at radius 3 is 2.68 bits per heavy atom. The van der Waals surface area contributed by atoms with Gasteiger partial charge in [0.1, 0.15) is 17.1 Å². The summed E-state index contributed by atoms with van der Waals surface area (Å²) in [6.07, 6.45) is 1.94. The molecule has 0 bridgehead atoms. The molecule has 1 aromatic carbocycles. The number of fused-ring (bicyclic) bond motifs is 1. The molecule has 2 N–H and O–H groups in total. The Bertz CT molecular complexity index is 706. The van der Waals surface area contributed by atoms with Gasteiger partial charge in [-0.3, -0.25) is 4.40 Å². The molecule has 2 aromatic heterocycles. The van der Waals surface area contributed by atoms with E-state index in [1.807, 2.05) is 53.1 Å². The van der Waals surface area contributed by atoms with Crippen LogP contribution in [0.15, 0.2) is 48.7 Å². The van der Waals surface area contributed by atoms with Gasteiger partial charge in [-0.05, 0) is 59.0 Å². The van der Waals surface area contributed by atoms with Crippen molar-refractivity contribution in [3.63, 3.8) is 0 Å². The fourth-order valence-corrected chi connectivity index (χ4v) is 2.27. The highest BCUT2D eigenvalue weighted by Crippen LogP contribution is 2.25. The Balaban J connectivity index is 2.02. The average Bonchev–Trinajstić information content (AvgIpc) is 2.78. The summed E-state index contributed by atoms with van der Waals surface area (Å²) in [4.78, 5) is 4.46. The molecule has 5 heteroatoms. The molecule has 2 heterocycles. The standard InChI is InChI=1S/C14H12IN3O/c15-10-4-6-11(7-5-10)19-14-12(9-16)18-8-2-1-3-13(18)17-14/h1-8H,9,16H2. The minimum atomic E-state index is 0.380. The first kappa shape index (κ1) is 12.4. The highest BCUT2D eigenvalue weighted by Gasteiger charge is 2.12. The van der Waals surface area contributed by atoms with Crippen molar-refractivity contribution in [2.45, 2.75) is 6.54 Å². The van der Waals surface area contributed by atoms with Crippen molar-refractivity contribution in [2.24, 2.45) is 5.73 Å². The summed E-state index contributed by atoms with van der Waals surface area (Å²) < 4.78 is 8.94. The molecule has 0 saturated carbocycles. The van der Waals surface area contributed by atoms with Gasteiger partial charge in [-0.25, -0.2) is 0 Å². The van der Waals surface area contributed by atoms with Gasteiger partial charge < -0.3 is 10.5 Å². The third-order valence-electron chi connectivity index (χ3n) is 2.81. The molecular formula is C14H12IN3O. The molecule has 96 valence electrons. The number of pyridine rings is 1. The molecule has 0 amide bonds. The van der Waals surface area contributed by atoms with E-state index in [0.717, 1.165) is 17.1 Å². The van der Waals surface area contributed by atoms with Crippen LogP contribution in [0.4, 0.5) is 0 Å². The lowest BCUT2D eigenvalue weighted by Crippen LogP contribution is -2.02. The topological polar surface area (TPSA) is 52.5 Å². The predicted molar refractivity (Wildman–Crippen MR) is 82.3 cm³/mol. The van der Waals surface area contributed by atoms with Crippen LogP contribution >= 0.6 is 22.6 Å². The summed E-state index contributed by atoms with van der Waals surface area (Å²) in [5, 5.41) is 0. The minimum Gasteiger partial charge on any atom is -0.437 e. The van der Waals surface area contributed by atoms with Crippen LogP contribution in [0, 0.1) is 3.57 Å². The Morgan fingerprint density at radius 2 is 1.95 bits per heavy atom. The maximum absolute atomic E-state index is 5.83. The van der Waals surface area contributed by atoms with Crippen molar-refractivity contribution in [1.29, 1.82) is 0 Å². The van der Waals surface area contributed by atoms with Crippen LogP contribution < -0.4 is 10.5 Å². The van der Waals surface area contributed by atoms with Crippen LogP contribution in [-0.4, -0.2) is 9.38 Å². The monoisotopic (exact) mass is 365 g/mol. The second kappa shape index (κ2) is 5.18. The number of imidazole rings is 1. The zero-order chi connectivity index (χ0) is 13.2. The third-order valence-corrected chi connectivity index (χ3v) is 3.53. The van der Waals surface area contributed by atoms with Gasteiger partial charge in [0.15, 0.2) is 0 Å². The fourth-order valence-electron chi connectivity index (χ4n) is 1.91. The summed E-state index contributed by atoms with van der Waals surface area (Å²) >= 11 is 2.26. The van der Waals surface area contributed by atoms with Gasteiger partial charge in [-0.1, -0.05) is 6.07 Å². The summed E-state index contributed by atoms with van der Waals surface area (Å²) in [7, 11) is 0. The Morgan fingerprint density at radius 1 is 1.16 bits per heavy atom. The van der Waals surface area contributed by atoms with Gasteiger partial charge in [-0.15, -0.1) is 0 Å². The van der Waals surface area contributed by atoms with Crippen LogP contribution in [-0.2, 0) is 6.54 Å². The number of nitrogens with zero attached hydrogens (tertiary/aromatic N) is 2. The number of nitrogens with two attached hydrogens (primary N) is 1. The lowest BCUT2D eigenvalue weighted by molar-refractivity contribution is 0.459. The molecule has 0 aliphatic carbocycles. The maximum atomic E-state index is 5.83. The summed E-state index contributed by atoms with van der Waals surface area (Å²) in [5.74, 6) is 1.33. The molecule has 0 aliphatic heterocycles. The van der Waals surface area contributed by atoms with E-state index in [4.69, 9.17) is 10.5 Å². The van der Waals surface area contributed by atoms with Gasteiger partial charge >= 0.3 is 0 Å². The van der Waals surface area contributed by atoms with Crippen molar-refractivity contribution < 1.29 is 4.74 Å². The Labute approximate surface area is 124 Å². The third kappa shape index (κ3) is 2.43. The molecule has 0 radical (unpaired) electrons. The van der Waals surface area contributed by atoms with E-state index in [1.165, 1.54) is 3.57 Å². The zero-order valence-electron chi connectivity index (χ0n) is 10.1. The van der Waals surface area contributed by atoms with Crippen molar-refractivity contribution in [3.05, 3.63) is 57.9 Å². The number of ether oxygens (including phenoxy) is 1. The van der Waals surface area contributed by atoms with Crippen molar-refractivity contribution >= 4 is 28.2 Å². The predicted octanol–water partition coefficient (Wildman–Crippen LogP) is 3.19. The van der Waals surface area contributed by atoms with Gasteiger partial charge in [0.2, 0.25) is 5.88 Å². The molecule has 3 aromatic rings. The highest BCUT2D eigenvalue weighted by atomic mass is 127. The minimum absolute atomic E-state index is 0.380. The van der Waals surface area contributed by atoms with Crippen LogP contribution in [0.3, 0.4) is 0 Å². The molecule has 0 spiro atoms. The number of aromatic nitrogens is 2. The number of hydrogen-bond acceptors (Lipinski definition) is 3. The maximum Gasteiger partial charge on any atom is 0.242 e. The number of benzene rings is 1. The average molecular weight is 365 g/mol. The highest BCUT2D eigenvalue weighted by molar-refractivity contribution is 14.1. The zero-order valence-corrected chi connectivity index (χ0v) is 12.2. The van der Waals surface area contributed by atoms with Gasteiger partial charge in [0.05, 0.1) is 0 Å². The van der Waals surface area contributed by atoms with Crippen LogP contribution in [0.5, 0.6) is 11.6 Å². The Hall–Kier alpha value is -1.60. The van der Waals surface area contributed by atoms with E-state index in [2.05, 4.69) is 27.6 Å². The fraction of sp³-hybridized carbons (Fsp3) is 0.0714. The molecule has 19 heavy (non-hydrogen) atoms. The van der Waals surface area contributed by atoms with Crippen molar-refractivity contribution in [3.8, 4) is 11.6 Å². The van der Waals surface area contributed by atoms with Crippen LogP contribution in [0.1, 0.15) is 5.69 Å². The Kier molecular flexibility index (Phi) is 3.39. The van der Waals surface area contributed by atoms with E-state index in [-0.39, 0.29) is 0 Å². The van der Waals surface area contributed by atoms with E-state index in [9.17, 15) is 0 Å². The van der Waals surface area contributed by atoms with Gasteiger partial charge in [-0.2, -0.15) is 4.98 Å². The first-order valence-electron chi connectivity index (χ1n) is 5.87. The normalized spacial score (nSPS) is 10.8. The van der Waals surface area contributed by atoms with E-state index in [1.54, 1.807) is 0 Å². The number of hydrogen-bond donors (Lipinski definition) is 1. The first-order chi connectivity index (χ1) is 9.28. The molecule has 3 rings (SSSR count). The molecule has 0 saturated heterocycles. The number of rotatable bonds is 3. The SMILES string of the molecule is NCc1c(Oc2ccc(I)cc2)nc2ccccn12. The van der Waals surface area contributed by atoms with Crippen molar-refractivity contribution in [2.75, 3.05) is 0 Å². The first-order valence-corrected chi connectivity index (χ1v) is 6.95. The summed E-state index contributed by atoms with van der Waals surface area (Å²) in [6, 6.07) is 13.7. The van der Waals surface area contributed by atoms with E-state index >= 15 is 0 Å². The lowest BCUT2D eigenvalue weighted by Gasteiger charge is -2.04. The lowest BCUT2D eigenvalue weighted by atomic mass is 10.3. The molecular weight excluding hydrogens is 353 g/mol. The molecule has 0 unspecified atom stereocenters. The number of halogens is 1. The quantitative estimate of drug-likeness (QED) is 0.726. The molecule has 0 fully saturated rings.